The van der Waals surface area contributed by atoms with Gasteiger partial charge in [0.15, 0.2) is 17.5 Å². The van der Waals surface area contributed by atoms with Crippen molar-refractivity contribution >= 4 is 5.96 Å². The molecule has 2 N–H and O–H groups in total. The summed E-state index contributed by atoms with van der Waals surface area (Å²) in [6, 6.07) is 8.77. The molecular weight excluding hydrogens is 361 g/mol. The molecule has 28 heavy (non-hydrogen) atoms. The van der Waals surface area contributed by atoms with Crippen LogP contribution in [0.1, 0.15) is 23.6 Å². The molecule has 0 heterocycles. The van der Waals surface area contributed by atoms with Gasteiger partial charge in [0, 0.05) is 18.7 Å². The fourth-order valence-corrected chi connectivity index (χ4v) is 2.80. The van der Waals surface area contributed by atoms with E-state index in [1.807, 2.05) is 19.1 Å². The highest BCUT2D eigenvalue weighted by Crippen LogP contribution is 2.39. The van der Waals surface area contributed by atoms with E-state index in [4.69, 9.17) is 14.2 Å². The van der Waals surface area contributed by atoms with Crippen molar-refractivity contribution in [3.63, 3.8) is 0 Å². The smallest absolute Gasteiger partial charge is 0.203 e. The van der Waals surface area contributed by atoms with Crippen molar-refractivity contribution in [3.8, 4) is 17.2 Å². The summed E-state index contributed by atoms with van der Waals surface area (Å²) >= 11 is 0. The Kier molecular flexibility index (Phi) is 7.92. The van der Waals surface area contributed by atoms with Gasteiger partial charge in [-0.1, -0.05) is 12.1 Å². The van der Waals surface area contributed by atoms with Crippen molar-refractivity contribution in [1.82, 2.24) is 10.6 Å². The van der Waals surface area contributed by atoms with Gasteiger partial charge in [-0.25, -0.2) is 9.38 Å². The van der Waals surface area contributed by atoms with E-state index in [2.05, 4.69) is 15.6 Å². The van der Waals surface area contributed by atoms with E-state index >= 15 is 0 Å². The van der Waals surface area contributed by atoms with Gasteiger partial charge in [0.2, 0.25) is 5.75 Å². The predicted molar refractivity (Wildman–Crippen MR) is 109 cm³/mol. The molecule has 0 saturated carbocycles. The van der Waals surface area contributed by atoms with E-state index in [9.17, 15) is 4.39 Å². The third-order valence-electron chi connectivity index (χ3n) is 4.22. The van der Waals surface area contributed by atoms with Crippen LogP contribution in [0.3, 0.4) is 0 Å². The van der Waals surface area contributed by atoms with E-state index in [1.165, 1.54) is 6.07 Å². The molecule has 152 valence electrons. The van der Waals surface area contributed by atoms with Crippen molar-refractivity contribution in [3.05, 3.63) is 52.8 Å². The molecule has 0 unspecified atom stereocenters. The molecule has 2 aromatic rings. The van der Waals surface area contributed by atoms with Gasteiger partial charge in [-0.2, -0.15) is 0 Å². The third-order valence-corrected chi connectivity index (χ3v) is 4.22. The average molecular weight is 389 g/mol. The Morgan fingerprint density at radius 1 is 1.00 bits per heavy atom. The van der Waals surface area contributed by atoms with Gasteiger partial charge in [-0.15, -0.1) is 0 Å². The van der Waals surface area contributed by atoms with Crippen LogP contribution in [0.2, 0.25) is 0 Å². The molecule has 0 fully saturated rings. The second-order valence-electron chi connectivity index (χ2n) is 6.13. The SMILES string of the molecule is CCNC(=NCc1ccc(F)c(C)c1)NCc1ccc(OC)c(OC)c1OC. The van der Waals surface area contributed by atoms with Crippen molar-refractivity contribution < 1.29 is 18.6 Å². The molecule has 0 amide bonds. The normalized spacial score (nSPS) is 11.1. The van der Waals surface area contributed by atoms with E-state index in [0.29, 0.717) is 41.9 Å². The molecule has 2 aromatic carbocycles. The molecule has 7 heteroatoms. The standard InChI is InChI=1S/C21H28FN3O3/c1-6-23-21(24-12-15-7-9-17(22)14(2)11-15)25-13-16-8-10-18(26-3)20(28-5)19(16)27-4/h7-11H,6,12-13H2,1-5H3,(H2,23,24,25). The summed E-state index contributed by atoms with van der Waals surface area (Å²) < 4.78 is 29.7. The molecule has 0 aromatic heterocycles. The van der Waals surface area contributed by atoms with Gasteiger partial charge in [-0.05, 0) is 43.2 Å². The van der Waals surface area contributed by atoms with E-state index in [1.54, 1.807) is 40.4 Å². The lowest BCUT2D eigenvalue weighted by Crippen LogP contribution is -2.36. The van der Waals surface area contributed by atoms with Crippen molar-refractivity contribution in [2.24, 2.45) is 4.99 Å². The van der Waals surface area contributed by atoms with Crippen LogP contribution in [-0.4, -0.2) is 33.8 Å². The minimum Gasteiger partial charge on any atom is -0.493 e. The molecule has 0 aliphatic carbocycles. The second kappa shape index (κ2) is 10.4. The number of benzene rings is 2. The maximum absolute atomic E-state index is 13.4. The van der Waals surface area contributed by atoms with Crippen LogP contribution in [0.25, 0.3) is 0 Å². The zero-order chi connectivity index (χ0) is 20.5. The first kappa shape index (κ1) is 21.3. The number of nitrogens with one attached hydrogen (secondary N) is 2. The molecule has 0 aliphatic heterocycles. The monoisotopic (exact) mass is 389 g/mol. The Bertz CT molecular complexity index is 825. The van der Waals surface area contributed by atoms with Crippen molar-refractivity contribution in [2.75, 3.05) is 27.9 Å². The Balaban J connectivity index is 2.15. The van der Waals surface area contributed by atoms with Crippen LogP contribution in [-0.2, 0) is 13.1 Å². The first-order valence-electron chi connectivity index (χ1n) is 9.09. The van der Waals surface area contributed by atoms with Crippen molar-refractivity contribution in [1.29, 1.82) is 0 Å². The van der Waals surface area contributed by atoms with Crippen molar-refractivity contribution in [2.45, 2.75) is 26.9 Å². The second-order valence-corrected chi connectivity index (χ2v) is 6.13. The van der Waals surface area contributed by atoms with E-state index < -0.39 is 0 Å². The lowest BCUT2D eigenvalue weighted by atomic mass is 10.1. The molecule has 0 saturated heterocycles. The van der Waals surface area contributed by atoms with Crippen LogP contribution < -0.4 is 24.8 Å². The van der Waals surface area contributed by atoms with Gasteiger partial charge >= 0.3 is 0 Å². The topological polar surface area (TPSA) is 64.1 Å². The zero-order valence-corrected chi connectivity index (χ0v) is 17.1. The summed E-state index contributed by atoms with van der Waals surface area (Å²) in [6.45, 7) is 5.39. The number of methoxy groups -OCH3 is 3. The number of hydrogen-bond donors (Lipinski definition) is 2. The van der Waals surface area contributed by atoms with E-state index in [-0.39, 0.29) is 5.82 Å². The first-order chi connectivity index (χ1) is 13.5. The van der Waals surface area contributed by atoms with Crippen LogP contribution in [0, 0.1) is 12.7 Å². The molecule has 6 nitrogen and oxygen atoms in total. The number of rotatable bonds is 8. The van der Waals surface area contributed by atoms with Gasteiger partial charge in [-0.3, -0.25) is 0 Å². The molecule has 2 rings (SSSR count). The van der Waals surface area contributed by atoms with Gasteiger partial charge in [0.25, 0.3) is 0 Å². The summed E-state index contributed by atoms with van der Waals surface area (Å²) in [4.78, 5) is 4.58. The maximum Gasteiger partial charge on any atom is 0.203 e. The third kappa shape index (κ3) is 5.28. The Morgan fingerprint density at radius 2 is 1.75 bits per heavy atom. The zero-order valence-electron chi connectivity index (χ0n) is 17.1. The molecular formula is C21H28FN3O3. The summed E-state index contributed by atoms with van der Waals surface area (Å²) in [6.07, 6.45) is 0. The number of halogens is 1. The maximum atomic E-state index is 13.4. The lowest BCUT2D eigenvalue weighted by molar-refractivity contribution is 0.322. The number of ether oxygens (including phenoxy) is 3. The number of aliphatic imine (C=N–C) groups is 1. The Labute approximate surface area is 165 Å². The Morgan fingerprint density at radius 3 is 2.36 bits per heavy atom. The summed E-state index contributed by atoms with van der Waals surface area (Å²) in [7, 11) is 4.76. The summed E-state index contributed by atoms with van der Waals surface area (Å²) in [5, 5.41) is 6.49. The molecule has 0 atom stereocenters. The lowest BCUT2D eigenvalue weighted by Gasteiger charge is -2.17. The fourth-order valence-electron chi connectivity index (χ4n) is 2.80. The summed E-state index contributed by atoms with van der Waals surface area (Å²) in [5.41, 5.74) is 2.46. The number of hydrogen-bond acceptors (Lipinski definition) is 4. The van der Waals surface area contributed by atoms with Gasteiger partial charge in [0.05, 0.1) is 27.9 Å². The highest BCUT2D eigenvalue weighted by molar-refractivity contribution is 5.79. The van der Waals surface area contributed by atoms with Crippen LogP contribution in [0.5, 0.6) is 17.2 Å². The van der Waals surface area contributed by atoms with Crippen LogP contribution in [0.4, 0.5) is 4.39 Å². The van der Waals surface area contributed by atoms with Crippen LogP contribution in [0.15, 0.2) is 35.3 Å². The Hall–Kier alpha value is -2.96. The quantitative estimate of drug-likeness (QED) is 0.535. The predicted octanol–water partition coefficient (Wildman–Crippen LogP) is 3.42. The first-order valence-corrected chi connectivity index (χ1v) is 9.09. The van der Waals surface area contributed by atoms with Gasteiger partial charge < -0.3 is 24.8 Å². The molecule has 0 spiro atoms. The van der Waals surface area contributed by atoms with Crippen LogP contribution >= 0.6 is 0 Å². The largest absolute Gasteiger partial charge is 0.493 e. The minimum atomic E-state index is -0.210. The fraction of sp³-hybridized carbons (Fsp3) is 0.381. The average Bonchev–Trinajstić information content (AvgIpc) is 2.71. The highest BCUT2D eigenvalue weighted by Gasteiger charge is 2.15. The highest BCUT2D eigenvalue weighted by atomic mass is 19.1. The number of aryl methyl sites for hydroxylation is 1. The number of guanidine groups is 1. The minimum absolute atomic E-state index is 0.210. The summed E-state index contributed by atoms with van der Waals surface area (Å²) in [5.74, 6) is 2.21. The molecule has 0 radical (unpaired) electrons. The van der Waals surface area contributed by atoms with E-state index in [0.717, 1.165) is 17.7 Å². The molecule has 0 aliphatic rings. The number of nitrogens with zero attached hydrogens (tertiary/aromatic N) is 1. The molecule has 0 bridgehead atoms. The van der Waals surface area contributed by atoms with Gasteiger partial charge in [0.1, 0.15) is 5.82 Å².